The van der Waals surface area contributed by atoms with Gasteiger partial charge < -0.3 is 10.3 Å². The van der Waals surface area contributed by atoms with E-state index in [2.05, 4.69) is 0 Å². The average Bonchev–Trinajstić information content (AvgIpc) is 2.64. The molecule has 4 heteroatoms. The number of primary amides is 1. The highest BCUT2D eigenvalue weighted by molar-refractivity contribution is 6.35. The lowest BCUT2D eigenvalue weighted by molar-refractivity contribution is -0.121. The summed E-state index contributed by atoms with van der Waals surface area (Å²) in [5.74, 6) is -0.319. The zero-order chi connectivity index (χ0) is 11.7. The third-order valence-corrected chi connectivity index (χ3v) is 3.09. The van der Waals surface area contributed by atoms with Gasteiger partial charge >= 0.3 is 0 Å². The Hall–Kier alpha value is -1.48. The van der Waals surface area contributed by atoms with Gasteiger partial charge in [0, 0.05) is 16.6 Å². The maximum Gasteiger partial charge on any atom is 0.240 e. The molecule has 1 atom stereocenters. The van der Waals surface area contributed by atoms with Crippen molar-refractivity contribution in [2.75, 3.05) is 0 Å². The van der Waals surface area contributed by atoms with Gasteiger partial charge in [-0.25, -0.2) is 0 Å². The normalized spacial score (nSPS) is 12.9. The van der Waals surface area contributed by atoms with Crippen molar-refractivity contribution in [3.63, 3.8) is 0 Å². The average molecular weight is 237 g/mol. The van der Waals surface area contributed by atoms with Crippen LogP contribution in [0, 0.1) is 0 Å². The number of nitrogens with zero attached hydrogens (tertiary/aromatic N) is 1. The maximum absolute atomic E-state index is 11.3. The van der Waals surface area contributed by atoms with Crippen LogP contribution in [0.3, 0.4) is 0 Å². The standard InChI is InChI=1S/C12H13ClN2O/c1-2-10(12(14)16)15-7-6-8-9(13)4-3-5-11(8)15/h3-7,10H,2H2,1H3,(H2,14,16). The number of hydrogen-bond donors (Lipinski definition) is 1. The fourth-order valence-electron chi connectivity index (χ4n) is 1.96. The largest absolute Gasteiger partial charge is 0.368 e. The molecule has 0 aliphatic heterocycles. The lowest BCUT2D eigenvalue weighted by atomic mass is 10.2. The molecule has 0 saturated heterocycles. The van der Waals surface area contributed by atoms with Gasteiger partial charge in [0.25, 0.3) is 0 Å². The van der Waals surface area contributed by atoms with E-state index in [0.29, 0.717) is 11.4 Å². The monoisotopic (exact) mass is 236 g/mol. The van der Waals surface area contributed by atoms with Gasteiger partial charge in [-0.05, 0) is 24.6 Å². The van der Waals surface area contributed by atoms with Crippen molar-refractivity contribution in [2.24, 2.45) is 5.73 Å². The number of halogens is 1. The van der Waals surface area contributed by atoms with E-state index in [1.807, 2.05) is 42.0 Å². The van der Waals surface area contributed by atoms with Crippen LogP contribution in [-0.4, -0.2) is 10.5 Å². The van der Waals surface area contributed by atoms with Gasteiger partial charge in [0.15, 0.2) is 0 Å². The van der Waals surface area contributed by atoms with Crippen LogP contribution < -0.4 is 5.73 Å². The summed E-state index contributed by atoms with van der Waals surface area (Å²) in [7, 11) is 0. The number of hydrogen-bond acceptors (Lipinski definition) is 1. The van der Waals surface area contributed by atoms with Gasteiger partial charge in [-0.3, -0.25) is 4.79 Å². The van der Waals surface area contributed by atoms with Crippen LogP contribution in [0.15, 0.2) is 30.5 Å². The summed E-state index contributed by atoms with van der Waals surface area (Å²) in [6.45, 7) is 1.94. The Kier molecular flexibility index (Phi) is 2.88. The summed E-state index contributed by atoms with van der Waals surface area (Å²) in [6, 6.07) is 7.24. The van der Waals surface area contributed by atoms with Gasteiger partial charge in [-0.15, -0.1) is 0 Å². The highest BCUT2D eigenvalue weighted by atomic mass is 35.5. The van der Waals surface area contributed by atoms with Crippen molar-refractivity contribution >= 4 is 28.4 Å². The minimum Gasteiger partial charge on any atom is -0.368 e. The van der Waals surface area contributed by atoms with Crippen LogP contribution in [0.2, 0.25) is 5.02 Å². The maximum atomic E-state index is 11.3. The molecule has 0 aliphatic carbocycles. The molecule has 0 saturated carbocycles. The Balaban J connectivity index is 2.61. The van der Waals surface area contributed by atoms with Crippen LogP contribution >= 0.6 is 11.6 Å². The third kappa shape index (κ3) is 1.67. The first-order valence-corrected chi connectivity index (χ1v) is 5.57. The molecular formula is C12H13ClN2O. The molecule has 16 heavy (non-hydrogen) atoms. The molecule has 3 nitrogen and oxygen atoms in total. The number of rotatable bonds is 3. The van der Waals surface area contributed by atoms with E-state index in [0.717, 1.165) is 10.9 Å². The molecule has 0 spiro atoms. The number of amides is 1. The van der Waals surface area contributed by atoms with Gasteiger partial charge in [-0.1, -0.05) is 24.6 Å². The van der Waals surface area contributed by atoms with Gasteiger partial charge in [0.05, 0.1) is 5.52 Å². The number of aromatic nitrogens is 1. The Morgan fingerprint density at radius 3 is 2.88 bits per heavy atom. The van der Waals surface area contributed by atoms with E-state index in [-0.39, 0.29) is 11.9 Å². The van der Waals surface area contributed by atoms with Crippen molar-refractivity contribution in [1.29, 1.82) is 0 Å². The van der Waals surface area contributed by atoms with E-state index in [1.165, 1.54) is 0 Å². The van der Waals surface area contributed by atoms with Crippen LogP contribution in [0.25, 0.3) is 10.9 Å². The topological polar surface area (TPSA) is 48.0 Å². The molecule has 1 aromatic heterocycles. The molecule has 1 amide bonds. The number of carbonyl (C=O) groups is 1. The van der Waals surface area contributed by atoms with E-state index >= 15 is 0 Å². The zero-order valence-corrected chi connectivity index (χ0v) is 9.74. The third-order valence-electron chi connectivity index (χ3n) is 2.76. The van der Waals surface area contributed by atoms with Crippen molar-refractivity contribution in [3.8, 4) is 0 Å². The summed E-state index contributed by atoms with van der Waals surface area (Å²) in [4.78, 5) is 11.3. The van der Waals surface area contributed by atoms with Crippen LogP contribution in [-0.2, 0) is 4.79 Å². The highest BCUT2D eigenvalue weighted by Crippen LogP contribution is 2.27. The molecule has 2 rings (SSSR count). The molecule has 2 N–H and O–H groups in total. The first-order valence-electron chi connectivity index (χ1n) is 5.19. The van der Waals surface area contributed by atoms with E-state index in [1.54, 1.807) is 0 Å². The Labute approximate surface area is 98.8 Å². The molecule has 1 unspecified atom stereocenters. The molecule has 2 aromatic rings. The van der Waals surface area contributed by atoms with E-state index in [4.69, 9.17) is 17.3 Å². The molecule has 1 heterocycles. The predicted molar refractivity (Wildman–Crippen MR) is 65.5 cm³/mol. The lowest BCUT2D eigenvalue weighted by Gasteiger charge is -2.14. The number of benzene rings is 1. The van der Waals surface area contributed by atoms with Crippen LogP contribution in [0.4, 0.5) is 0 Å². The summed E-state index contributed by atoms with van der Waals surface area (Å²) in [5.41, 5.74) is 6.32. The zero-order valence-electron chi connectivity index (χ0n) is 8.98. The minimum absolute atomic E-state index is 0.309. The van der Waals surface area contributed by atoms with Gasteiger partial charge in [-0.2, -0.15) is 0 Å². The SMILES string of the molecule is CCC(C(N)=O)n1ccc2c(Cl)cccc21. The number of carbonyl (C=O) groups excluding carboxylic acids is 1. The Morgan fingerprint density at radius 2 is 2.25 bits per heavy atom. The summed E-state index contributed by atoms with van der Waals surface area (Å²) >= 11 is 6.07. The van der Waals surface area contributed by atoms with E-state index in [9.17, 15) is 4.79 Å². The molecule has 0 radical (unpaired) electrons. The highest BCUT2D eigenvalue weighted by Gasteiger charge is 2.17. The summed E-state index contributed by atoms with van der Waals surface area (Å²) in [5, 5.41) is 1.64. The second kappa shape index (κ2) is 4.18. The Morgan fingerprint density at radius 1 is 1.50 bits per heavy atom. The fraction of sp³-hybridized carbons (Fsp3) is 0.250. The molecule has 0 aliphatic rings. The number of nitrogens with two attached hydrogens (primary N) is 1. The fourth-order valence-corrected chi connectivity index (χ4v) is 2.19. The second-order valence-electron chi connectivity index (χ2n) is 3.72. The predicted octanol–water partition coefficient (Wildman–Crippen LogP) is 2.73. The first-order chi connectivity index (χ1) is 7.65. The van der Waals surface area contributed by atoms with Crippen molar-refractivity contribution in [1.82, 2.24) is 4.57 Å². The van der Waals surface area contributed by atoms with E-state index < -0.39 is 0 Å². The molecule has 1 aromatic carbocycles. The Bertz CT molecular complexity index is 533. The number of fused-ring (bicyclic) bond motifs is 1. The second-order valence-corrected chi connectivity index (χ2v) is 4.13. The van der Waals surface area contributed by atoms with Crippen LogP contribution in [0.1, 0.15) is 19.4 Å². The first kappa shape index (κ1) is 11.0. The molecular weight excluding hydrogens is 224 g/mol. The van der Waals surface area contributed by atoms with Crippen molar-refractivity contribution in [2.45, 2.75) is 19.4 Å². The molecule has 0 bridgehead atoms. The van der Waals surface area contributed by atoms with Crippen LogP contribution in [0.5, 0.6) is 0 Å². The molecule has 0 fully saturated rings. The van der Waals surface area contributed by atoms with Gasteiger partial charge in [0.2, 0.25) is 5.91 Å². The minimum atomic E-state index is -0.319. The summed E-state index contributed by atoms with van der Waals surface area (Å²) in [6.07, 6.45) is 2.53. The molecule has 84 valence electrons. The van der Waals surface area contributed by atoms with Crippen molar-refractivity contribution < 1.29 is 4.79 Å². The quantitative estimate of drug-likeness (QED) is 0.875. The smallest absolute Gasteiger partial charge is 0.240 e. The lowest BCUT2D eigenvalue weighted by Crippen LogP contribution is -2.25. The summed E-state index contributed by atoms with van der Waals surface area (Å²) < 4.78 is 1.88. The van der Waals surface area contributed by atoms with Crippen molar-refractivity contribution in [3.05, 3.63) is 35.5 Å². The van der Waals surface area contributed by atoms with Gasteiger partial charge in [0.1, 0.15) is 6.04 Å².